The number of oxazole rings is 1. The first-order valence-electron chi connectivity index (χ1n) is 6.92. The summed E-state index contributed by atoms with van der Waals surface area (Å²) < 4.78 is 5.48. The Morgan fingerprint density at radius 1 is 1.30 bits per heavy atom. The van der Waals surface area contributed by atoms with E-state index in [-0.39, 0.29) is 5.91 Å². The van der Waals surface area contributed by atoms with Gasteiger partial charge in [-0.25, -0.2) is 4.98 Å². The highest BCUT2D eigenvalue weighted by Crippen LogP contribution is 2.32. The van der Waals surface area contributed by atoms with E-state index in [1.165, 1.54) is 5.56 Å². The number of anilines is 1. The number of amides is 1. The molecule has 0 fully saturated rings. The van der Waals surface area contributed by atoms with E-state index in [0.29, 0.717) is 17.3 Å². The molecule has 3 rings (SSSR count). The summed E-state index contributed by atoms with van der Waals surface area (Å²) in [5.74, 6) is 0.810. The molecule has 4 nitrogen and oxygen atoms in total. The first-order chi connectivity index (χ1) is 9.58. The molecule has 2 aromatic rings. The Bertz CT molecular complexity index is 673. The number of rotatable bonds is 1. The molecule has 0 N–H and O–H groups in total. The van der Waals surface area contributed by atoms with E-state index in [1.807, 2.05) is 30.9 Å². The van der Waals surface area contributed by atoms with E-state index in [0.717, 1.165) is 30.6 Å². The van der Waals surface area contributed by atoms with Crippen molar-refractivity contribution in [3.8, 4) is 0 Å². The van der Waals surface area contributed by atoms with Crippen molar-refractivity contribution >= 4 is 11.6 Å². The number of para-hydroxylation sites is 1. The molecule has 0 spiro atoms. The third-order valence-corrected chi connectivity index (χ3v) is 3.76. The lowest BCUT2D eigenvalue weighted by molar-refractivity contribution is 0.0956. The number of nitrogens with zero attached hydrogens (tertiary/aromatic N) is 2. The van der Waals surface area contributed by atoms with Gasteiger partial charge >= 0.3 is 0 Å². The van der Waals surface area contributed by atoms with Crippen LogP contribution in [0.3, 0.4) is 0 Å². The van der Waals surface area contributed by atoms with Crippen LogP contribution < -0.4 is 4.90 Å². The van der Waals surface area contributed by atoms with Crippen molar-refractivity contribution < 1.29 is 9.21 Å². The predicted molar refractivity (Wildman–Crippen MR) is 77.2 cm³/mol. The van der Waals surface area contributed by atoms with Crippen LogP contribution in [-0.2, 0) is 6.42 Å². The highest BCUT2D eigenvalue weighted by Gasteiger charge is 2.28. The molecule has 0 saturated heterocycles. The lowest BCUT2D eigenvalue weighted by Crippen LogP contribution is -2.36. The summed E-state index contributed by atoms with van der Waals surface area (Å²) in [6.07, 6.45) is 2.00. The van der Waals surface area contributed by atoms with Crippen LogP contribution >= 0.6 is 0 Å². The standard InChI is InChI=1S/C16H18N2O2/c1-10-6-4-7-13-8-5-9-18(14(10)13)16(19)15-11(2)17-12(3)20-15/h4,6-7H,5,8-9H2,1-3H3. The first-order valence-corrected chi connectivity index (χ1v) is 6.92. The van der Waals surface area contributed by atoms with E-state index in [1.54, 1.807) is 6.92 Å². The molecule has 1 aromatic carbocycles. The van der Waals surface area contributed by atoms with Gasteiger partial charge in [0, 0.05) is 13.5 Å². The van der Waals surface area contributed by atoms with E-state index < -0.39 is 0 Å². The maximum Gasteiger partial charge on any atom is 0.295 e. The van der Waals surface area contributed by atoms with Crippen LogP contribution in [-0.4, -0.2) is 17.4 Å². The van der Waals surface area contributed by atoms with Gasteiger partial charge in [-0.2, -0.15) is 0 Å². The molecular formula is C16H18N2O2. The van der Waals surface area contributed by atoms with Crippen molar-refractivity contribution in [2.45, 2.75) is 33.6 Å². The molecule has 1 aliphatic heterocycles. The van der Waals surface area contributed by atoms with Crippen molar-refractivity contribution in [1.29, 1.82) is 0 Å². The Balaban J connectivity index is 2.05. The van der Waals surface area contributed by atoms with E-state index in [2.05, 4.69) is 11.1 Å². The molecular weight excluding hydrogens is 252 g/mol. The molecule has 2 heterocycles. The van der Waals surface area contributed by atoms with Gasteiger partial charge in [0.2, 0.25) is 5.76 Å². The zero-order chi connectivity index (χ0) is 14.3. The predicted octanol–water partition coefficient (Wildman–Crippen LogP) is 3.19. The molecule has 4 heteroatoms. The molecule has 1 amide bonds. The van der Waals surface area contributed by atoms with Gasteiger partial charge in [0.1, 0.15) is 0 Å². The first kappa shape index (κ1) is 12.9. The molecule has 0 unspecified atom stereocenters. The van der Waals surface area contributed by atoms with Crippen molar-refractivity contribution in [2.24, 2.45) is 0 Å². The number of fused-ring (bicyclic) bond motifs is 1. The third-order valence-electron chi connectivity index (χ3n) is 3.76. The van der Waals surface area contributed by atoms with Crippen LogP contribution in [0, 0.1) is 20.8 Å². The summed E-state index contributed by atoms with van der Waals surface area (Å²) in [4.78, 5) is 18.8. The molecule has 0 aliphatic carbocycles. The highest BCUT2D eigenvalue weighted by atomic mass is 16.4. The lowest BCUT2D eigenvalue weighted by Gasteiger charge is -2.30. The number of hydrogen-bond acceptors (Lipinski definition) is 3. The second-order valence-electron chi connectivity index (χ2n) is 5.29. The summed E-state index contributed by atoms with van der Waals surface area (Å²) in [7, 11) is 0. The van der Waals surface area contributed by atoms with Crippen LogP contribution in [0.1, 0.15) is 39.7 Å². The van der Waals surface area contributed by atoms with Crippen molar-refractivity contribution in [1.82, 2.24) is 4.98 Å². The minimum Gasteiger partial charge on any atom is -0.436 e. The molecule has 0 saturated carbocycles. The Morgan fingerprint density at radius 2 is 2.10 bits per heavy atom. The number of carbonyl (C=O) groups is 1. The molecule has 1 aromatic heterocycles. The average molecular weight is 270 g/mol. The van der Waals surface area contributed by atoms with Crippen molar-refractivity contribution in [3.63, 3.8) is 0 Å². The van der Waals surface area contributed by atoms with Gasteiger partial charge in [0.25, 0.3) is 5.91 Å². The van der Waals surface area contributed by atoms with E-state index in [9.17, 15) is 4.79 Å². The zero-order valence-corrected chi connectivity index (χ0v) is 12.1. The van der Waals surface area contributed by atoms with Gasteiger partial charge in [-0.05, 0) is 37.8 Å². The monoisotopic (exact) mass is 270 g/mol. The topological polar surface area (TPSA) is 46.3 Å². The van der Waals surface area contributed by atoms with Gasteiger partial charge in [0.15, 0.2) is 5.89 Å². The molecule has 0 bridgehead atoms. The van der Waals surface area contributed by atoms with Gasteiger partial charge in [-0.1, -0.05) is 18.2 Å². The second-order valence-corrected chi connectivity index (χ2v) is 5.29. The number of benzene rings is 1. The lowest BCUT2D eigenvalue weighted by atomic mass is 9.98. The molecule has 1 aliphatic rings. The minimum absolute atomic E-state index is 0.0849. The second kappa shape index (κ2) is 4.78. The van der Waals surface area contributed by atoms with Crippen LogP contribution in [0.4, 0.5) is 5.69 Å². The normalized spacial score (nSPS) is 14.2. The summed E-state index contributed by atoms with van der Waals surface area (Å²) >= 11 is 0. The molecule has 0 atom stereocenters. The van der Waals surface area contributed by atoms with Crippen molar-refractivity contribution in [2.75, 3.05) is 11.4 Å². The quantitative estimate of drug-likeness (QED) is 0.799. The van der Waals surface area contributed by atoms with Crippen LogP contribution in [0.5, 0.6) is 0 Å². The van der Waals surface area contributed by atoms with Gasteiger partial charge in [-0.15, -0.1) is 0 Å². The average Bonchev–Trinajstić information content (AvgIpc) is 2.77. The molecule has 0 radical (unpaired) electrons. The largest absolute Gasteiger partial charge is 0.436 e. The van der Waals surface area contributed by atoms with E-state index in [4.69, 9.17) is 4.42 Å². The summed E-state index contributed by atoms with van der Waals surface area (Å²) in [5.41, 5.74) is 4.06. The number of hydrogen-bond donors (Lipinski definition) is 0. The SMILES string of the molecule is Cc1nc(C)c(C(=O)N2CCCc3cccc(C)c32)o1. The van der Waals surface area contributed by atoms with Crippen molar-refractivity contribution in [3.05, 3.63) is 46.7 Å². The summed E-state index contributed by atoms with van der Waals surface area (Å²) in [6.45, 7) is 6.35. The summed E-state index contributed by atoms with van der Waals surface area (Å²) in [5, 5.41) is 0. The highest BCUT2D eigenvalue weighted by molar-refractivity contribution is 6.06. The van der Waals surface area contributed by atoms with Gasteiger partial charge in [-0.3, -0.25) is 4.79 Å². The summed E-state index contributed by atoms with van der Waals surface area (Å²) in [6, 6.07) is 6.19. The fourth-order valence-corrected chi connectivity index (χ4v) is 2.90. The Morgan fingerprint density at radius 3 is 2.80 bits per heavy atom. The Hall–Kier alpha value is -2.10. The Kier molecular flexibility index (Phi) is 3.08. The number of aryl methyl sites for hydroxylation is 4. The van der Waals surface area contributed by atoms with Crippen LogP contribution in [0.15, 0.2) is 22.6 Å². The van der Waals surface area contributed by atoms with Crippen LogP contribution in [0.25, 0.3) is 0 Å². The van der Waals surface area contributed by atoms with Gasteiger partial charge < -0.3 is 9.32 Å². The smallest absolute Gasteiger partial charge is 0.295 e. The fraction of sp³-hybridized carbons (Fsp3) is 0.375. The van der Waals surface area contributed by atoms with E-state index >= 15 is 0 Å². The maximum absolute atomic E-state index is 12.7. The number of aromatic nitrogens is 1. The fourth-order valence-electron chi connectivity index (χ4n) is 2.90. The molecule has 20 heavy (non-hydrogen) atoms. The maximum atomic E-state index is 12.7. The van der Waals surface area contributed by atoms with Gasteiger partial charge in [0.05, 0.1) is 11.4 Å². The molecule has 104 valence electrons. The Labute approximate surface area is 118 Å². The third kappa shape index (κ3) is 2.01. The minimum atomic E-state index is -0.0849. The number of carbonyl (C=O) groups excluding carboxylic acids is 1. The zero-order valence-electron chi connectivity index (χ0n) is 12.1. The van der Waals surface area contributed by atoms with Crippen LogP contribution in [0.2, 0.25) is 0 Å².